The first-order chi connectivity index (χ1) is 16.0. The highest BCUT2D eigenvalue weighted by Gasteiger charge is 2.40. The van der Waals surface area contributed by atoms with Crippen LogP contribution in [0.1, 0.15) is 12.0 Å². The van der Waals surface area contributed by atoms with E-state index in [2.05, 4.69) is 15.5 Å². The second kappa shape index (κ2) is 10.0. The Hall–Kier alpha value is -4.11. The zero-order chi connectivity index (χ0) is 23.2. The zero-order valence-electron chi connectivity index (χ0n) is 17.3. The van der Waals surface area contributed by atoms with Gasteiger partial charge in [-0.25, -0.2) is 0 Å². The van der Waals surface area contributed by atoms with Gasteiger partial charge in [-0.2, -0.15) is 5.10 Å². The van der Waals surface area contributed by atoms with Crippen molar-refractivity contribution in [1.82, 2.24) is 0 Å². The third-order valence-electron chi connectivity index (χ3n) is 4.71. The van der Waals surface area contributed by atoms with Gasteiger partial charge in [0.2, 0.25) is 11.8 Å². The fourth-order valence-electron chi connectivity index (χ4n) is 3.11. The van der Waals surface area contributed by atoms with Crippen LogP contribution >= 0.6 is 11.8 Å². The molecule has 1 atom stereocenters. The third-order valence-corrected chi connectivity index (χ3v) is 5.84. The highest BCUT2D eigenvalue weighted by molar-refractivity contribution is 8.16. The van der Waals surface area contributed by atoms with Crippen molar-refractivity contribution in [3.8, 4) is 11.5 Å². The van der Waals surface area contributed by atoms with Crippen LogP contribution in [0.2, 0.25) is 0 Å². The molecule has 0 spiro atoms. The molecule has 3 aromatic rings. The molecule has 1 heterocycles. The zero-order valence-corrected chi connectivity index (χ0v) is 18.1. The summed E-state index contributed by atoms with van der Waals surface area (Å²) in [5, 5.41) is 29.7. The minimum absolute atomic E-state index is 0.0341. The van der Waals surface area contributed by atoms with Crippen molar-refractivity contribution >= 4 is 46.3 Å². The first kappa shape index (κ1) is 22.1. The lowest BCUT2D eigenvalue weighted by Crippen LogP contribution is -2.33. The molecule has 4 rings (SSSR count). The second-order valence-electron chi connectivity index (χ2n) is 7.13. The quantitative estimate of drug-likeness (QED) is 0.380. The Kier molecular flexibility index (Phi) is 6.70. The fraction of sp³-hybridized carbons (Fsp3) is 0.0833. The van der Waals surface area contributed by atoms with Crippen LogP contribution in [0.3, 0.4) is 0 Å². The smallest absolute Gasteiger partial charge is 0.247 e. The normalized spacial score (nSPS) is 17.1. The highest BCUT2D eigenvalue weighted by Crippen LogP contribution is 2.34. The molecule has 1 saturated heterocycles. The molecule has 3 N–H and O–H groups in total. The minimum atomic E-state index is -0.676. The molecule has 0 aromatic heterocycles. The number of amidine groups is 1. The van der Waals surface area contributed by atoms with Crippen LogP contribution in [0.4, 0.5) is 11.4 Å². The van der Waals surface area contributed by atoms with Gasteiger partial charge in [-0.05, 0) is 66.2 Å². The summed E-state index contributed by atoms with van der Waals surface area (Å²) in [4.78, 5) is 27.1. The summed E-state index contributed by atoms with van der Waals surface area (Å²) in [5.41, 5.74) is 1.89. The molecule has 166 valence electrons. The maximum atomic E-state index is 13.2. The average molecular weight is 461 g/mol. The van der Waals surface area contributed by atoms with E-state index in [1.807, 2.05) is 18.2 Å². The molecule has 2 amide bonds. The third kappa shape index (κ3) is 5.58. The van der Waals surface area contributed by atoms with Gasteiger partial charge in [0.05, 0.1) is 11.9 Å². The number of phenolic OH excluding ortho intramolecular Hbond substituents is 2. The second-order valence-corrected chi connectivity index (χ2v) is 8.30. The number of carbonyl (C=O) groups is 2. The van der Waals surface area contributed by atoms with E-state index >= 15 is 0 Å². The van der Waals surface area contributed by atoms with E-state index in [1.54, 1.807) is 36.4 Å². The summed E-state index contributed by atoms with van der Waals surface area (Å²) >= 11 is 1.15. The molecular weight excluding hydrogens is 440 g/mol. The Morgan fingerprint density at radius 2 is 1.61 bits per heavy atom. The number of anilines is 2. The number of phenols is 2. The van der Waals surface area contributed by atoms with Crippen molar-refractivity contribution in [2.75, 3.05) is 10.2 Å². The Labute approximate surface area is 194 Å². The standard InChI is InChI=1S/C24H20N4O4S/c29-19-10-6-16(7-11-19)15-25-27-24-28(18-8-12-20(30)13-9-18)23(32)21(33-24)14-22(31)26-17-4-2-1-3-5-17/h1-13,15,21,29-30H,14H2,(H,26,31). The first-order valence-corrected chi connectivity index (χ1v) is 10.9. The average Bonchev–Trinajstić information content (AvgIpc) is 3.11. The lowest BCUT2D eigenvalue weighted by Gasteiger charge is -2.15. The van der Waals surface area contributed by atoms with Gasteiger partial charge in [0.1, 0.15) is 16.7 Å². The molecule has 1 aliphatic rings. The lowest BCUT2D eigenvalue weighted by molar-refractivity contribution is -0.121. The number of nitrogens with zero attached hydrogens (tertiary/aromatic N) is 3. The van der Waals surface area contributed by atoms with Crippen molar-refractivity contribution in [1.29, 1.82) is 0 Å². The van der Waals surface area contributed by atoms with E-state index in [4.69, 9.17) is 0 Å². The monoisotopic (exact) mass is 460 g/mol. The molecule has 0 saturated carbocycles. The van der Waals surface area contributed by atoms with Gasteiger partial charge in [-0.15, -0.1) is 5.10 Å². The van der Waals surface area contributed by atoms with Crippen LogP contribution in [0, 0.1) is 0 Å². The number of nitrogens with one attached hydrogen (secondary N) is 1. The molecule has 1 aliphatic heterocycles. The Bertz CT molecular complexity index is 1200. The van der Waals surface area contributed by atoms with Gasteiger partial charge in [0, 0.05) is 12.1 Å². The molecule has 3 aromatic carbocycles. The van der Waals surface area contributed by atoms with Crippen molar-refractivity contribution in [3.05, 3.63) is 84.4 Å². The van der Waals surface area contributed by atoms with Crippen molar-refractivity contribution in [3.63, 3.8) is 0 Å². The molecule has 1 unspecified atom stereocenters. The van der Waals surface area contributed by atoms with Crippen molar-refractivity contribution in [2.45, 2.75) is 11.7 Å². The molecule has 1 fully saturated rings. The van der Waals surface area contributed by atoms with E-state index in [0.717, 1.165) is 17.3 Å². The van der Waals surface area contributed by atoms with Crippen LogP contribution in [0.5, 0.6) is 11.5 Å². The topological polar surface area (TPSA) is 115 Å². The van der Waals surface area contributed by atoms with E-state index in [1.165, 1.54) is 35.4 Å². The molecule has 33 heavy (non-hydrogen) atoms. The van der Waals surface area contributed by atoms with Crippen LogP contribution in [0.15, 0.2) is 89.1 Å². The van der Waals surface area contributed by atoms with Gasteiger partial charge >= 0.3 is 0 Å². The number of aromatic hydroxyl groups is 2. The van der Waals surface area contributed by atoms with Crippen LogP contribution < -0.4 is 10.2 Å². The number of amides is 2. The van der Waals surface area contributed by atoms with Gasteiger partial charge < -0.3 is 15.5 Å². The lowest BCUT2D eigenvalue weighted by atomic mass is 10.2. The van der Waals surface area contributed by atoms with Crippen molar-refractivity contribution in [2.24, 2.45) is 10.2 Å². The van der Waals surface area contributed by atoms with E-state index in [-0.39, 0.29) is 29.7 Å². The van der Waals surface area contributed by atoms with E-state index in [0.29, 0.717) is 16.5 Å². The number of para-hydroxylation sites is 1. The van der Waals surface area contributed by atoms with Gasteiger partial charge in [0.15, 0.2) is 5.17 Å². The first-order valence-electron chi connectivity index (χ1n) is 10.0. The Morgan fingerprint density at radius 3 is 2.27 bits per heavy atom. The number of hydrogen-bond acceptors (Lipinski definition) is 7. The number of benzene rings is 3. The number of rotatable bonds is 6. The number of carbonyl (C=O) groups excluding carboxylic acids is 2. The van der Waals surface area contributed by atoms with Gasteiger partial charge in [0.25, 0.3) is 0 Å². The molecule has 0 radical (unpaired) electrons. The van der Waals surface area contributed by atoms with Crippen molar-refractivity contribution < 1.29 is 19.8 Å². The SMILES string of the molecule is O=C(CC1SC(=NN=Cc2ccc(O)cc2)N(c2ccc(O)cc2)C1=O)Nc1ccccc1. The van der Waals surface area contributed by atoms with E-state index in [9.17, 15) is 19.8 Å². The maximum absolute atomic E-state index is 13.2. The number of thioether (sulfide) groups is 1. The largest absolute Gasteiger partial charge is 0.508 e. The van der Waals surface area contributed by atoms with Gasteiger partial charge in [-0.3, -0.25) is 14.5 Å². The van der Waals surface area contributed by atoms with Crippen LogP contribution in [-0.4, -0.2) is 38.7 Å². The molecule has 0 bridgehead atoms. The summed E-state index contributed by atoms with van der Waals surface area (Å²) in [6, 6.07) is 21.6. The predicted octanol–water partition coefficient (Wildman–Crippen LogP) is 3.97. The summed E-state index contributed by atoms with van der Waals surface area (Å²) < 4.78 is 0. The summed E-state index contributed by atoms with van der Waals surface area (Å²) in [6.45, 7) is 0. The molecular formula is C24H20N4O4S. The predicted molar refractivity (Wildman–Crippen MR) is 130 cm³/mol. The summed E-state index contributed by atoms with van der Waals surface area (Å²) in [5.74, 6) is -0.370. The van der Waals surface area contributed by atoms with Gasteiger partial charge in [-0.1, -0.05) is 30.0 Å². The summed E-state index contributed by atoms with van der Waals surface area (Å²) in [7, 11) is 0. The minimum Gasteiger partial charge on any atom is -0.508 e. The number of hydrogen-bond donors (Lipinski definition) is 3. The van der Waals surface area contributed by atoms with E-state index < -0.39 is 5.25 Å². The fourth-order valence-corrected chi connectivity index (χ4v) is 4.20. The Balaban J connectivity index is 1.54. The Morgan fingerprint density at radius 1 is 0.970 bits per heavy atom. The molecule has 8 nitrogen and oxygen atoms in total. The molecule has 0 aliphatic carbocycles. The molecule has 9 heteroatoms. The van der Waals surface area contributed by atoms with Crippen LogP contribution in [-0.2, 0) is 9.59 Å². The van der Waals surface area contributed by atoms with Crippen LogP contribution in [0.25, 0.3) is 0 Å². The maximum Gasteiger partial charge on any atom is 0.247 e. The highest BCUT2D eigenvalue weighted by atomic mass is 32.2. The summed E-state index contributed by atoms with van der Waals surface area (Å²) in [6.07, 6.45) is 1.47.